The lowest BCUT2D eigenvalue weighted by atomic mass is 10.1. The maximum atomic E-state index is 14.1. The molecule has 0 atom stereocenters. The van der Waals surface area contributed by atoms with Gasteiger partial charge in [-0.25, -0.2) is 4.39 Å². The maximum Gasteiger partial charge on any atom is 0.288 e. The molecule has 0 bridgehead atoms. The largest absolute Gasteiger partial charge is 0.314 e. The number of alkyl halides is 2. The van der Waals surface area contributed by atoms with Gasteiger partial charge >= 0.3 is 0 Å². The Morgan fingerprint density at radius 1 is 1.28 bits per heavy atom. The first-order valence-corrected chi connectivity index (χ1v) is 6.55. The van der Waals surface area contributed by atoms with Gasteiger partial charge in [0, 0.05) is 30.7 Å². The summed E-state index contributed by atoms with van der Waals surface area (Å²) in [6.45, 7) is 2.06. The zero-order valence-corrected chi connectivity index (χ0v) is 11.3. The summed E-state index contributed by atoms with van der Waals surface area (Å²) in [5.74, 6) is -4.04. The minimum absolute atomic E-state index is 0.442. The average Bonchev–Trinajstić information content (AvgIpc) is 2.33. The van der Waals surface area contributed by atoms with Gasteiger partial charge in [0.15, 0.2) is 0 Å². The highest BCUT2D eigenvalue weighted by Gasteiger charge is 2.37. The van der Waals surface area contributed by atoms with E-state index in [0.29, 0.717) is 30.7 Å². The first-order valence-electron chi connectivity index (χ1n) is 5.75. The fourth-order valence-corrected chi connectivity index (χ4v) is 2.37. The van der Waals surface area contributed by atoms with Crippen molar-refractivity contribution in [3.05, 3.63) is 34.1 Å². The molecule has 0 amide bonds. The predicted molar refractivity (Wildman–Crippen MR) is 67.3 cm³/mol. The normalized spacial score (nSPS) is 18.0. The first kappa shape index (κ1) is 13.8. The molecule has 1 heterocycles. The van der Waals surface area contributed by atoms with Crippen LogP contribution in [-0.4, -0.2) is 37.6 Å². The molecule has 2 rings (SSSR count). The van der Waals surface area contributed by atoms with Crippen molar-refractivity contribution in [1.82, 2.24) is 10.2 Å². The zero-order valence-electron chi connectivity index (χ0n) is 9.73. The third-order valence-corrected chi connectivity index (χ3v) is 3.45. The van der Waals surface area contributed by atoms with Crippen LogP contribution in [0.4, 0.5) is 13.2 Å². The molecule has 1 aromatic rings. The van der Waals surface area contributed by atoms with Crippen LogP contribution in [0.25, 0.3) is 0 Å². The number of nitrogens with one attached hydrogen (secondary N) is 1. The molecular formula is C12H14BrF3N2. The minimum Gasteiger partial charge on any atom is -0.314 e. The molecule has 6 heteroatoms. The molecule has 0 radical (unpaired) electrons. The van der Waals surface area contributed by atoms with Crippen LogP contribution in [-0.2, 0) is 5.92 Å². The summed E-state index contributed by atoms with van der Waals surface area (Å²) in [4.78, 5) is 1.65. The van der Waals surface area contributed by atoms with Crippen molar-refractivity contribution >= 4 is 15.9 Å². The topological polar surface area (TPSA) is 15.3 Å². The van der Waals surface area contributed by atoms with Gasteiger partial charge in [0.05, 0.1) is 12.1 Å². The smallest absolute Gasteiger partial charge is 0.288 e. The van der Waals surface area contributed by atoms with Gasteiger partial charge in [-0.1, -0.05) is 15.9 Å². The monoisotopic (exact) mass is 322 g/mol. The Morgan fingerprint density at radius 2 is 1.94 bits per heavy atom. The van der Waals surface area contributed by atoms with Crippen LogP contribution in [0.15, 0.2) is 22.7 Å². The summed E-state index contributed by atoms with van der Waals surface area (Å²) in [7, 11) is 0. The number of nitrogens with zero attached hydrogens (tertiary/aromatic N) is 1. The molecule has 100 valence electrons. The van der Waals surface area contributed by atoms with Crippen LogP contribution in [0.2, 0.25) is 0 Å². The number of hydrogen-bond acceptors (Lipinski definition) is 2. The molecule has 0 saturated carbocycles. The van der Waals surface area contributed by atoms with Crippen LogP contribution in [0, 0.1) is 5.82 Å². The van der Waals surface area contributed by atoms with Crippen molar-refractivity contribution < 1.29 is 13.2 Å². The summed E-state index contributed by atoms with van der Waals surface area (Å²) in [6, 6.07) is 3.63. The highest BCUT2D eigenvalue weighted by Crippen LogP contribution is 2.32. The summed E-state index contributed by atoms with van der Waals surface area (Å²) < 4.78 is 42.1. The Labute approximate surface area is 112 Å². The molecule has 1 fully saturated rings. The second-order valence-corrected chi connectivity index (χ2v) is 5.27. The van der Waals surface area contributed by atoms with E-state index in [0.717, 1.165) is 12.1 Å². The third-order valence-electron chi connectivity index (χ3n) is 2.95. The van der Waals surface area contributed by atoms with Crippen molar-refractivity contribution in [3.8, 4) is 0 Å². The van der Waals surface area contributed by atoms with Crippen molar-refractivity contribution in [2.24, 2.45) is 0 Å². The van der Waals surface area contributed by atoms with Gasteiger partial charge in [-0.3, -0.25) is 4.90 Å². The van der Waals surface area contributed by atoms with E-state index in [1.165, 1.54) is 6.07 Å². The summed E-state index contributed by atoms with van der Waals surface area (Å²) in [5.41, 5.74) is -0.546. The van der Waals surface area contributed by atoms with Crippen molar-refractivity contribution in [1.29, 1.82) is 0 Å². The van der Waals surface area contributed by atoms with Crippen LogP contribution in [0.3, 0.4) is 0 Å². The minimum atomic E-state index is -3.18. The Balaban J connectivity index is 2.15. The van der Waals surface area contributed by atoms with Gasteiger partial charge in [0.2, 0.25) is 0 Å². The van der Waals surface area contributed by atoms with E-state index in [9.17, 15) is 13.2 Å². The maximum absolute atomic E-state index is 14.1. The number of halogens is 4. The van der Waals surface area contributed by atoms with Gasteiger partial charge in [-0.15, -0.1) is 0 Å². The number of rotatable bonds is 3. The molecule has 2 nitrogen and oxygen atoms in total. The summed E-state index contributed by atoms with van der Waals surface area (Å²) in [5, 5.41) is 3.09. The Hall–Kier alpha value is -0.590. The molecule has 0 aliphatic carbocycles. The SMILES string of the molecule is Fc1ccc(Br)cc1C(F)(F)CN1CCNCC1. The van der Waals surface area contributed by atoms with Crippen LogP contribution in [0.5, 0.6) is 0 Å². The van der Waals surface area contributed by atoms with E-state index in [4.69, 9.17) is 0 Å². The van der Waals surface area contributed by atoms with E-state index < -0.39 is 23.8 Å². The Bertz CT molecular complexity index is 420. The molecule has 0 unspecified atom stereocenters. The Kier molecular flexibility index (Phi) is 4.29. The first-order chi connectivity index (χ1) is 8.49. The fraction of sp³-hybridized carbons (Fsp3) is 0.500. The number of benzene rings is 1. The molecule has 1 saturated heterocycles. The quantitative estimate of drug-likeness (QED) is 0.920. The molecule has 0 spiro atoms. The van der Waals surface area contributed by atoms with Crippen molar-refractivity contribution in [3.63, 3.8) is 0 Å². The molecule has 1 aliphatic heterocycles. The van der Waals surface area contributed by atoms with E-state index in [-0.39, 0.29) is 0 Å². The molecule has 1 N–H and O–H groups in total. The third kappa shape index (κ3) is 3.24. The van der Waals surface area contributed by atoms with Crippen LogP contribution < -0.4 is 5.32 Å². The van der Waals surface area contributed by atoms with E-state index in [1.807, 2.05) is 0 Å². The lowest BCUT2D eigenvalue weighted by Crippen LogP contribution is -2.47. The van der Waals surface area contributed by atoms with E-state index in [1.54, 1.807) is 4.90 Å². The molecule has 1 aromatic carbocycles. The van der Waals surface area contributed by atoms with E-state index in [2.05, 4.69) is 21.2 Å². The van der Waals surface area contributed by atoms with Gasteiger partial charge < -0.3 is 5.32 Å². The van der Waals surface area contributed by atoms with Crippen LogP contribution >= 0.6 is 15.9 Å². The van der Waals surface area contributed by atoms with Gasteiger partial charge in [-0.2, -0.15) is 8.78 Å². The fourth-order valence-electron chi connectivity index (χ4n) is 2.01. The summed E-state index contributed by atoms with van der Waals surface area (Å²) in [6.07, 6.45) is 0. The van der Waals surface area contributed by atoms with Crippen LogP contribution in [0.1, 0.15) is 5.56 Å². The lowest BCUT2D eigenvalue weighted by molar-refractivity contribution is -0.0428. The molecule has 18 heavy (non-hydrogen) atoms. The van der Waals surface area contributed by atoms with Gasteiger partial charge in [-0.05, 0) is 18.2 Å². The van der Waals surface area contributed by atoms with Gasteiger partial charge in [0.25, 0.3) is 5.92 Å². The van der Waals surface area contributed by atoms with Crippen molar-refractivity contribution in [2.75, 3.05) is 32.7 Å². The van der Waals surface area contributed by atoms with Gasteiger partial charge in [0.1, 0.15) is 5.82 Å². The second kappa shape index (κ2) is 5.59. The second-order valence-electron chi connectivity index (χ2n) is 4.35. The number of piperazine rings is 1. The Morgan fingerprint density at radius 3 is 2.61 bits per heavy atom. The lowest BCUT2D eigenvalue weighted by Gasteiger charge is -2.31. The highest BCUT2D eigenvalue weighted by atomic mass is 79.9. The molecule has 1 aliphatic rings. The van der Waals surface area contributed by atoms with Crippen molar-refractivity contribution in [2.45, 2.75) is 5.92 Å². The molecular weight excluding hydrogens is 309 g/mol. The van der Waals surface area contributed by atoms with E-state index >= 15 is 0 Å². The molecule has 0 aromatic heterocycles. The standard InChI is InChI=1S/C12H14BrF3N2/c13-9-1-2-11(14)10(7-9)12(15,16)8-18-5-3-17-4-6-18/h1-2,7,17H,3-6,8H2. The predicted octanol–water partition coefficient (Wildman–Crippen LogP) is 2.59. The highest BCUT2D eigenvalue weighted by molar-refractivity contribution is 9.10. The number of hydrogen-bond donors (Lipinski definition) is 1. The summed E-state index contributed by atoms with van der Waals surface area (Å²) >= 11 is 3.09. The average molecular weight is 323 g/mol. The zero-order chi connectivity index (χ0) is 13.2.